The minimum Gasteiger partial charge on any atom is -0.508 e. The van der Waals surface area contributed by atoms with Gasteiger partial charge in [0.2, 0.25) is 0 Å². The Balaban J connectivity index is 2.07. The highest BCUT2D eigenvalue weighted by atomic mass is 16.3. The molecule has 2 rings (SSSR count). The molecule has 1 aromatic rings. The fourth-order valence-corrected chi connectivity index (χ4v) is 2.69. The van der Waals surface area contributed by atoms with Crippen molar-refractivity contribution in [2.24, 2.45) is 5.41 Å². The second-order valence-electron chi connectivity index (χ2n) is 6.03. The number of phenolic OH excluding ortho intramolecular Hbond substituents is 1. The molecule has 1 aliphatic rings. The van der Waals surface area contributed by atoms with Gasteiger partial charge in [-0.3, -0.25) is 4.79 Å². The van der Waals surface area contributed by atoms with E-state index in [4.69, 9.17) is 0 Å². The van der Waals surface area contributed by atoms with Crippen molar-refractivity contribution in [3.8, 4) is 5.75 Å². The van der Waals surface area contributed by atoms with Gasteiger partial charge in [0, 0.05) is 17.2 Å². The van der Waals surface area contributed by atoms with E-state index in [0.29, 0.717) is 16.5 Å². The molecular weight excluding hydrogens is 226 g/mol. The molecule has 0 aliphatic heterocycles. The molecule has 98 valence electrons. The van der Waals surface area contributed by atoms with Crippen LogP contribution < -0.4 is 5.32 Å². The summed E-state index contributed by atoms with van der Waals surface area (Å²) >= 11 is 0. The molecule has 0 saturated heterocycles. The lowest BCUT2D eigenvalue weighted by molar-refractivity contribution is 0.0935. The molecule has 1 aliphatic carbocycles. The molecule has 0 heterocycles. The van der Waals surface area contributed by atoms with Crippen molar-refractivity contribution < 1.29 is 9.90 Å². The Kier molecular flexibility index (Phi) is 3.33. The van der Waals surface area contributed by atoms with Crippen LogP contribution in [0.3, 0.4) is 0 Å². The first-order valence-electron chi connectivity index (χ1n) is 6.48. The zero-order valence-corrected chi connectivity index (χ0v) is 11.3. The van der Waals surface area contributed by atoms with Crippen LogP contribution in [0.5, 0.6) is 5.75 Å². The fourth-order valence-electron chi connectivity index (χ4n) is 2.69. The lowest BCUT2D eigenvalue weighted by Crippen LogP contribution is -2.33. The summed E-state index contributed by atoms with van der Waals surface area (Å²) in [5, 5.41) is 12.7. The SMILES string of the molecule is Cc1c(O)cccc1C(=O)NC1CCC(C)(C)C1. The van der Waals surface area contributed by atoms with E-state index in [1.807, 2.05) is 0 Å². The van der Waals surface area contributed by atoms with Crippen LogP contribution in [0, 0.1) is 12.3 Å². The van der Waals surface area contributed by atoms with Crippen LogP contribution >= 0.6 is 0 Å². The van der Waals surface area contributed by atoms with Gasteiger partial charge in [0.25, 0.3) is 5.91 Å². The van der Waals surface area contributed by atoms with Crippen LogP contribution in [0.25, 0.3) is 0 Å². The number of hydrogen-bond acceptors (Lipinski definition) is 2. The number of phenols is 1. The lowest BCUT2D eigenvalue weighted by atomic mass is 9.92. The normalized spacial score (nSPS) is 21.8. The van der Waals surface area contributed by atoms with Crippen molar-refractivity contribution in [2.45, 2.75) is 46.1 Å². The van der Waals surface area contributed by atoms with E-state index in [0.717, 1.165) is 19.3 Å². The van der Waals surface area contributed by atoms with Gasteiger partial charge in [0.15, 0.2) is 0 Å². The number of nitrogens with one attached hydrogen (secondary N) is 1. The van der Waals surface area contributed by atoms with E-state index in [1.165, 1.54) is 0 Å². The molecular formula is C15H21NO2. The van der Waals surface area contributed by atoms with Gasteiger partial charge in [-0.2, -0.15) is 0 Å². The molecule has 2 N–H and O–H groups in total. The molecule has 0 bridgehead atoms. The summed E-state index contributed by atoms with van der Waals surface area (Å²) < 4.78 is 0. The Morgan fingerprint density at radius 3 is 2.78 bits per heavy atom. The van der Waals surface area contributed by atoms with E-state index in [-0.39, 0.29) is 17.7 Å². The third-order valence-electron chi connectivity index (χ3n) is 3.85. The van der Waals surface area contributed by atoms with Crippen LogP contribution in [-0.4, -0.2) is 17.1 Å². The Bertz CT molecular complexity index is 466. The van der Waals surface area contributed by atoms with Crippen LogP contribution in [-0.2, 0) is 0 Å². The van der Waals surface area contributed by atoms with Gasteiger partial charge in [0.1, 0.15) is 5.75 Å². The number of aromatic hydroxyl groups is 1. The van der Waals surface area contributed by atoms with E-state index in [1.54, 1.807) is 25.1 Å². The highest BCUT2D eigenvalue weighted by Crippen LogP contribution is 2.37. The average Bonchev–Trinajstić information content (AvgIpc) is 2.62. The molecule has 0 aromatic heterocycles. The van der Waals surface area contributed by atoms with Crippen molar-refractivity contribution >= 4 is 5.91 Å². The number of carbonyl (C=O) groups is 1. The minimum atomic E-state index is -0.0777. The zero-order chi connectivity index (χ0) is 13.3. The fraction of sp³-hybridized carbons (Fsp3) is 0.533. The largest absolute Gasteiger partial charge is 0.508 e. The Hall–Kier alpha value is -1.51. The third kappa shape index (κ3) is 2.66. The molecule has 1 unspecified atom stereocenters. The van der Waals surface area contributed by atoms with Crippen molar-refractivity contribution in [1.82, 2.24) is 5.32 Å². The van der Waals surface area contributed by atoms with Gasteiger partial charge in [0.05, 0.1) is 0 Å². The summed E-state index contributed by atoms with van der Waals surface area (Å²) in [6.07, 6.45) is 3.21. The summed E-state index contributed by atoms with van der Waals surface area (Å²) in [7, 11) is 0. The van der Waals surface area contributed by atoms with E-state index in [2.05, 4.69) is 19.2 Å². The molecule has 1 saturated carbocycles. The lowest BCUT2D eigenvalue weighted by Gasteiger charge is -2.18. The maximum Gasteiger partial charge on any atom is 0.251 e. The van der Waals surface area contributed by atoms with Crippen molar-refractivity contribution in [3.05, 3.63) is 29.3 Å². The summed E-state index contributed by atoms with van der Waals surface area (Å²) in [5.74, 6) is 0.0977. The smallest absolute Gasteiger partial charge is 0.251 e. The molecule has 0 radical (unpaired) electrons. The molecule has 1 atom stereocenters. The minimum absolute atomic E-state index is 0.0777. The van der Waals surface area contributed by atoms with Gasteiger partial charge in [-0.15, -0.1) is 0 Å². The van der Waals surface area contributed by atoms with Crippen LogP contribution in [0.2, 0.25) is 0 Å². The van der Waals surface area contributed by atoms with Gasteiger partial charge in [-0.1, -0.05) is 19.9 Å². The Labute approximate surface area is 108 Å². The van der Waals surface area contributed by atoms with Crippen molar-refractivity contribution in [3.63, 3.8) is 0 Å². The Morgan fingerprint density at radius 2 is 2.17 bits per heavy atom. The molecule has 18 heavy (non-hydrogen) atoms. The Morgan fingerprint density at radius 1 is 1.44 bits per heavy atom. The molecule has 1 fully saturated rings. The molecule has 3 nitrogen and oxygen atoms in total. The molecule has 0 spiro atoms. The summed E-state index contributed by atoms with van der Waals surface area (Å²) in [4.78, 5) is 12.2. The van der Waals surface area contributed by atoms with Crippen LogP contribution in [0.4, 0.5) is 0 Å². The standard InChI is InChI=1S/C15H21NO2/c1-10-12(5-4-6-13(10)17)14(18)16-11-7-8-15(2,3)9-11/h4-6,11,17H,7-9H2,1-3H3,(H,16,18). The quantitative estimate of drug-likeness (QED) is 0.844. The second-order valence-corrected chi connectivity index (χ2v) is 6.03. The average molecular weight is 247 g/mol. The first-order chi connectivity index (χ1) is 8.39. The third-order valence-corrected chi connectivity index (χ3v) is 3.85. The molecule has 1 amide bonds. The summed E-state index contributed by atoms with van der Waals surface area (Å²) in [6, 6.07) is 5.32. The van der Waals surface area contributed by atoms with Gasteiger partial charge in [-0.25, -0.2) is 0 Å². The predicted octanol–water partition coefficient (Wildman–Crippen LogP) is 3.01. The number of amides is 1. The number of carbonyl (C=O) groups excluding carboxylic acids is 1. The number of benzene rings is 1. The van der Waals surface area contributed by atoms with Gasteiger partial charge in [-0.05, 0) is 43.7 Å². The molecule has 3 heteroatoms. The first kappa shape index (κ1) is 12.9. The summed E-state index contributed by atoms with van der Waals surface area (Å²) in [5.41, 5.74) is 1.54. The first-order valence-corrected chi connectivity index (χ1v) is 6.48. The topological polar surface area (TPSA) is 49.3 Å². The zero-order valence-electron chi connectivity index (χ0n) is 11.3. The van der Waals surface area contributed by atoms with E-state index >= 15 is 0 Å². The van der Waals surface area contributed by atoms with E-state index in [9.17, 15) is 9.90 Å². The summed E-state index contributed by atoms with van der Waals surface area (Å²) in [6.45, 7) is 6.24. The van der Waals surface area contributed by atoms with Crippen molar-refractivity contribution in [1.29, 1.82) is 0 Å². The van der Waals surface area contributed by atoms with Crippen LogP contribution in [0.1, 0.15) is 49.0 Å². The highest BCUT2D eigenvalue weighted by Gasteiger charge is 2.31. The van der Waals surface area contributed by atoms with E-state index < -0.39 is 0 Å². The predicted molar refractivity (Wildman–Crippen MR) is 71.7 cm³/mol. The maximum absolute atomic E-state index is 12.2. The van der Waals surface area contributed by atoms with Crippen LogP contribution in [0.15, 0.2) is 18.2 Å². The van der Waals surface area contributed by atoms with Crippen molar-refractivity contribution in [2.75, 3.05) is 0 Å². The van der Waals surface area contributed by atoms with Gasteiger partial charge >= 0.3 is 0 Å². The maximum atomic E-state index is 12.2. The number of hydrogen-bond donors (Lipinski definition) is 2. The monoisotopic (exact) mass is 247 g/mol. The molecule has 1 aromatic carbocycles. The number of rotatable bonds is 2. The van der Waals surface area contributed by atoms with Gasteiger partial charge < -0.3 is 10.4 Å². The highest BCUT2D eigenvalue weighted by molar-refractivity contribution is 5.96. The second kappa shape index (κ2) is 4.63.